The van der Waals surface area contributed by atoms with Crippen LogP contribution in [0.15, 0.2) is 0 Å². The molecule has 0 saturated carbocycles. The third kappa shape index (κ3) is 4.56. The highest BCUT2D eigenvalue weighted by Crippen LogP contribution is 2.24. The van der Waals surface area contributed by atoms with E-state index in [-0.39, 0.29) is 18.4 Å². The Kier molecular flexibility index (Phi) is 6.44. The number of rotatable bonds is 7. The maximum atomic E-state index is 12.2. The van der Waals surface area contributed by atoms with Gasteiger partial charge in [0.05, 0.1) is 5.75 Å². The summed E-state index contributed by atoms with van der Waals surface area (Å²) < 4.78 is 26.1. The van der Waals surface area contributed by atoms with Crippen LogP contribution in [0.1, 0.15) is 51.9 Å². The summed E-state index contributed by atoms with van der Waals surface area (Å²) in [6, 6.07) is 0.216. The van der Waals surface area contributed by atoms with Crippen molar-refractivity contribution < 1.29 is 13.5 Å². The summed E-state index contributed by atoms with van der Waals surface area (Å²) in [6.07, 6.45) is 6.28. The van der Waals surface area contributed by atoms with Gasteiger partial charge in [-0.3, -0.25) is 0 Å². The molecule has 1 saturated heterocycles. The highest BCUT2D eigenvalue weighted by molar-refractivity contribution is 7.89. The number of aliphatic hydroxyl groups excluding tert-OH is 1. The van der Waals surface area contributed by atoms with Gasteiger partial charge in [-0.25, -0.2) is 8.42 Å². The summed E-state index contributed by atoms with van der Waals surface area (Å²) in [5.41, 5.74) is 0. The number of piperidine rings is 1. The van der Waals surface area contributed by atoms with E-state index in [1.54, 1.807) is 4.31 Å². The highest BCUT2D eigenvalue weighted by Gasteiger charge is 2.30. The minimum Gasteiger partial charge on any atom is -0.396 e. The van der Waals surface area contributed by atoms with E-state index in [1.807, 2.05) is 0 Å². The Balaban J connectivity index is 2.59. The number of hydrogen-bond acceptors (Lipinski definition) is 3. The summed E-state index contributed by atoms with van der Waals surface area (Å²) >= 11 is 0. The van der Waals surface area contributed by atoms with E-state index in [1.165, 1.54) is 0 Å². The van der Waals surface area contributed by atoms with Crippen molar-refractivity contribution in [2.24, 2.45) is 0 Å². The van der Waals surface area contributed by atoms with Gasteiger partial charge in [-0.05, 0) is 32.1 Å². The largest absolute Gasteiger partial charge is 0.396 e. The molecule has 1 unspecified atom stereocenters. The molecule has 0 radical (unpaired) electrons. The molecule has 1 aliphatic rings. The molecular formula is C12H25NO3S. The third-order valence-electron chi connectivity index (χ3n) is 3.36. The second-order valence-electron chi connectivity index (χ2n) is 4.80. The molecular weight excluding hydrogens is 238 g/mol. The lowest BCUT2D eigenvalue weighted by molar-refractivity contribution is 0.239. The van der Waals surface area contributed by atoms with Gasteiger partial charge in [0.15, 0.2) is 0 Å². The van der Waals surface area contributed by atoms with Gasteiger partial charge in [0.1, 0.15) is 0 Å². The molecule has 1 rings (SSSR count). The van der Waals surface area contributed by atoms with Gasteiger partial charge in [-0.2, -0.15) is 4.31 Å². The van der Waals surface area contributed by atoms with Crippen LogP contribution in [-0.2, 0) is 10.0 Å². The van der Waals surface area contributed by atoms with Crippen molar-refractivity contribution in [1.29, 1.82) is 0 Å². The Labute approximate surface area is 105 Å². The Morgan fingerprint density at radius 3 is 2.71 bits per heavy atom. The number of hydrogen-bond donors (Lipinski definition) is 1. The van der Waals surface area contributed by atoms with Gasteiger partial charge in [-0.1, -0.05) is 19.8 Å². The zero-order chi connectivity index (χ0) is 12.7. The zero-order valence-corrected chi connectivity index (χ0v) is 11.6. The van der Waals surface area contributed by atoms with E-state index in [9.17, 15) is 8.42 Å². The normalized spacial score (nSPS) is 22.8. The van der Waals surface area contributed by atoms with Crippen molar-refractivity contribution in [2.45, 2.75) is 57.9 Å². The Morgan fingerprint density at radius 1 is 1.29 bits per heavy atom. The molecule has 1 fully saturated rings. The van der Waals surface area contributed by atoms with Crippen LogP contribution < -0.4 is 0 Å². The number of aliphatic hydroxyl groups is 1. The van der Waals surface area contributed by atoms with Gasteiger partial charge in [0.2, 0.25) is 10.0 Å². The monoisotopic (exact) mass is 263 g/mol. The number of sulfonamides is 1. The van der Waals surface area contributed by atoms with Crippen molar-refractivity contribution in [1.82, 2.24) is 4.31 Å². The van der Waals surface area contributed by atoms with Crippen molar-refractivity contribution in [3.8, 4) is 0 Å². The van der Waals surface area contributed by atoms with Crippen molar-refractivity contribution in [3.05, 3.63) is 0 Å². The van der Waals surface area contributed by atoms with Crippen LogP contribution in [0, 0.1) is 0 Å². The number of nitrogens with zero attached hydrogens (tertiary/aromatic N) is 1. The van der Waals surface area contributed by atoms with Crippen LogP contribution in [0.5, 0.6) is 0 Å². The average molecular weight is 263 g/mol. The molecule has 1 aliphatic heterocycles. The molecule has 0 aromatic rings. The van der Waals surface area contributed by atoms with E-state index in [2.05, 4.69) is 6.92 Å². The zero-order valence-electron chi connectivity index (χ0n) is 10.8. The molecule has 1 N–H and O–H groups in total. The Hall–Kier alpha value is -0.130. The summed E-state index contributed by atoms with van der Waals surface area (Å²) in [7, 11) is -3.10. The van der Waals surface area contributed by atoms with E-state index < -0.39 is 10.0 Å². The molecule has 0 amide bonds. The predicted octanol–water partition coefficient (Wildman–Crippen LogP) is 1.74. The molecule has 17 heavy (non-hydrogen) atoms. The Bertz CT molecular complexity index is 301. The lowest BCUT2D eigenvalue weighted by Gasteiger charge is -2.34. The van der Waals surface area contributed by atoms with Crippen LogP contribution in [0.25, 0.3) is 0 Å². The minimum atomic E-state index is -3.10. The molecule has 1 atom stereocenters. The van der Waals surface area contributed by atoms with Gasteiger partial charge in [0.25, 0.3) is 0 Å². The fraction of sp³-hybridized carbons (Fsp3) is 1.00. The highest BCUT2D eigenvalue weighted by atomic mass is 32.2. The Morgan fingerprint density at radius 2 is 2.06 bits per heavy atom. The first-order valence-corrected chi connectivity index (χ1v) is 8.33. The summed E-state index contributed by atoms with van der Waals surface area (Å²) in [4.78, 5) is 0. The van der Waals surface area contributed by atoms with Crippen LogP contribution in [-0.4, -0.2) is 42.8 Å². The van der Waals surface area contributed by atoms with Crippen LogP contribution in [0.3, 0.4) is 0 Å². The second kappa shape index (κ2) is 7.34. The van der Waals surface area contributed by atoms with E-state index in [4.69, 9.17) is 5.11 Å². The van der Waals surface area contributed by atoms with Gasteiger partial charge >= 0.3 is 0 Å². The first kappa shape index (κ1) is 14.9. The van der Waals surface area contributed by atoms with E-state index in [0.29, 0.717) is 19.4 Å². The maximum Gasteiger partial charge on any atom is 0.214 e. The van der Waals surface area contributed by atoms with Gasteiger partial charge in [-0.15, -0.1) is 0 Å². The third-order valence-corrected chi connectivity index (χ3v) is 5.36. The van der Waals surface area contributed by atoms with E-state index >= 15 is 0 Å². The molecule has 102 valence electrons. The first-order chi connectivity index (χ1) is 8.11. The number of unbranched alkanes of at least 4 members (excludes halogenated alkanes) is 1. The fourth-order valence-corrected chi connectivity index (χ4v) is 4.35. The summed E-state index contributed by atoms with van der Waals surface area (Å²) in [5, 5.41) is 8.70. The molecule has 1 heterocycles. The summed E-state index contributed by atoms with van der Waals surface area (Å²) in [6.45, 7) is 2.87. The molecule has 0 aromatic carbocycles. The van der Waals surface area contributed by atoms with Crippen molar-refractivity contribution >= 4 is 10.0 Å². The second-order valence-corrected chi connectivity index (χ2v) is 6.84. The molecule has 0 bridgehead atoms. The summed E-state index contributed by atoms with van der Waals surface area (Å²) in [5.74, 6) is 0.188. The lowest BCUT2D eigenvalue weighted by atomic mass is 10.0. The minimum absolute atomic E-state index is 0.0773. The smallest absolute Gasteiger partial charge is 0.214 e. The van der Waals surface area contributed by atoms with E-state index in [0.717, 1.165) is 32.1 Å². The van der Waals surface area contributed by atoms with Gasteiger partial charge < -0.3 is 5.11 Å². The standard InChI is InChI=1S/C12H25NO3S/c1-2-7-12-8-3-4-9-13(12)17(15,16)11-6-5-10-14/h12,14H,2-11H2,1H3. The molecule has 0 aromatic heterocycles. The molecule has 0 spiro atoms. The van der Waals surface area contributed by atoms with Crippen LogP contribution in [0.4, 0.5) is 0 Å². The topological polar surface area (TPSA) is 57.6 Å². The molecule has 5 heteroatoms. The van der Waals surface area contributed by atoms with Crippen molar-refractivity contribution in [3.63, 3.8) is 0 Å². The van der Waals surface area contributed by atoms with Crippen molar-refractivity contribution in [2.75, 3.05) is 18.9 Å². The predicted molar refractivity (Wildman–Crippen MR) is 69.4 cm³/mol. The quantitative estimate of drug-likeness (QED) is 0.712. The van der Waals surface area contributed by atoms with Gasteiger partial charge in [0, 0.05) is 19.2 Å². The fourth-order valence-electron chi connectivity index (χ4n) is 2.48. The van der Waals surface area contributed by atoms with Crippen LogP contribution >= 0.6 is 0 Å². The first-order valence-electron chi connectivity index (χ1n) is 6.72. The maximum absolute atomic E-state index is 12.2. The lowest BCUT2D eigenvalue weighted by Crippen LogP contribution is -2.44. The SMILES string of the molecule is CCCC1CCCCN1S(=O)(=O)CCCCO. The average Bonchev–Trinajstić information content (AvgIpc) is 2.30. The molecule has 4 nitrogen and oxygen atoms in total. The molecule has 0 aliphatic carbocycles. The van der Waals surface area contributed by atoms with Crippen LogP contribution in [0.2, 0.25) is 0 Å².